The lowest BCUT2D eigenvalue weighted by molar-refractivity contribution is 0.0515. The van der Waals surface area contributed by atoms with Crippen LogP contribution >= 0.6 is 0 Å². The molecule has 0 heterocycles. The molecule has 0 aromatic heterocycles. The van der Waals surface area contributed by atoms with Gasteiger partial charge < -0.3 is 4.74 Å². The fraction of sp³-hybridized carbons (Fsp3) is 1.00. The zero-order valence-corrected chi connectivity index (χ0v) is 5.52. The molecule has 0 saturated carbocycles. The number of rotatable bonds is 4. The molecule has 1 radical (unpaired) electrons. The van der Waals surface area contributed by atoms with E-state index in [9.17, 15) is 5.11 Å². The predicted molar refractivity (Wildman–Crippen MR) is 31.3 cm³/mol. The van der Waals surface area contributed by atoms with E-state index in [1.54, 1.807) is 7.11 Å². The molecule has 0 bridgehead atoms. The molecular formula is C6H13O2. The van der Waals surface area contributed by atoms with Gasteiger partial charge in [-0.3, -0.25) is 0 Å². The van der Waals surface area contributed by atoms with Crippen molar-refractivity contribution in [2.24, 2.45) is 0 Å². The van der Waals surface area contributed by atoms with Crippen LogP contribution in [0.5, 0.6) is 0 Å². The summed E-state index contributed by atoms with van der Waals surface area (Å²) in [4.78, 5) is 0. The summed E-state index contributed by atoms with van der Waals surface area (Å²) >= 11 is 0. The minimum atomic E-state index is -0.421. The van der Waals surface area contributed by atoms with E-state index in [1.165, 1.54) is 0 Å². The Morgan fingerprint density at radius 3 is 2.62 bits per heavy atom. The fourth-order valence-electron chi connectivity index (χ4n) is 0.453. The third-order valence-corrected chi connectivity index (χ3v) is 1.10. The lowest BCUT2D eigenvalue weighted by Gasteiger charge is -2.01. The average Bonchev–Trinajstić information content (AvgIpc) is 1.83. The Morgan fingerprint density at radius 1 is 1.62 bits per heavy atom. The lowest BCUT2D eigenvalue weighted by atomic mass is 10.2. The Bertz CT molecular complexity index is 45.8. The lowest BCUT2D eigenvalue weighted by Crippen LogP contribution is -2.05. The van der Waals surface area contributed by atoms with Crippen LogP contribution < -0.4 is 0 Å². The molecule has 0 saturated heterocycles. The molecule has 1 atom stereocenters. The van der Waals surface area contributed by atoms with Crippen molar-refractivity contribution in [3.8, 4) is 0 Å². The maximum Gasteiger partial charge on any atom is 0.0949 e. The van der Waals surface area contributed by atoms with E-state index in [0.717, 1.165) is 0 Å². The van der Waals surface area contributed by atoms with Crippen LogP contribution in [-0.2, 0) is 9.84 Å². The summed E-state index contributed by atoms with van der Waals surface area (Å²) in [7, 11) is 1.61. The molecule has 0 rings (SSSR count). The van der Waals surface area contributed by atoms with E-state index in [2.05, 4.69) is 0 Å². The first kappa shape index (κ1) is 7.92. The molecule has 0 spiro atoms. The van der Waals surface area contributed by atoms with Crippen molar-refractivity contribution in [3.05, 3.63) is 0 Å². The molecule has 0 aromatic carbocycles. The minimum Gasteiger partial charge on any atom is -0.385 e. The van der Waals surface area contributed by atoms with Gasteiger partial charge in [-0.1, -0.05) is 6.92 Å². The predicted octanol–water partition coefficient (Wildman–Crippen LogP) is 1.23. The summed E-state index contributed by atoms with van der Waals surface area (Å²) in [6, 6.07) is 0. The van der Waals surface area contributed by atoms with Gasteiger partial charge in [0.15, 0.2) is 0 Å². The van der Waals surface area contributed by atoms with Gasteiger partial charge in [0, 0.05) is 20.1 Å². The summed E-state index contributed by atoms with van der Waals surface area (Å²) in [5.41, 5.74) is 0. The van der Waals surface area contributed by atoms with E-state index in [4.69, 9.17) is 4.74 Å². The maximum atomic E-state index is 10.6. The third kappa shape index (κ3) is 4.09. The van der Waals surface area contributed by atoms with Crippen LogP contribution in [0, 0.1) is 0 Å². The van der Waals surface area contributed by atoms with Crippen LogP contribution in [0.1, 0.15) is 19.8 Å². The second-order valence-corrected chi connectivity index (χ2v) is 1.81. The second kappa shape index (κ2) is 5.06. The largest absolute Gasteiger partial charge is 0.385 e. The van der Waals surface area contributed by atoms with Crippen LogP contribution in [0.3, 0.4) is 0 Å². The molecule has 8 heavy (non-hydrogen) atoms. The highest BCUT2D eigenvalue weighted by molar-refractivity contribution is 4.48. The average molecular weight is 117 g/mol. The van der Waals surface area contributed by atoms with Crippen molar-refractivity contribution in [1.29, 1.82) is 0 Å². The van der Waals surface area contributed by atoms with Gasteiger partial charge in [-0.05, 0) is 6.42 Å². The topological polar surface area (TPSA) is 29.1 Å². The van der Waals surface area contributed by atoms with E-state index in [-0.39, 0.29) is 0 Å². The maximum absolute atomic E-state index is 10.6. The fourth-order valence-corrected chi connectivity index (χ4v) is 0.453. The molecule has 1 unspecified atom stereocenters. The molecule has 0 fully saturated rings. The summed E-state index contributed by atoms with van der Waals surface area (Å²) in [6.45, 7) is 2.50. The molecule has 0 N–H and O–H groups in total. The van der Waals surface area contributed by atoms with Gasteiger partial charge in [-0.15, -0.1) is 0 Å². The van der Waals surface area contributed by atoms with Crippen molar-refractivity contribution in [3.63, 3.8) is 0 Å². The monoisotopic (exact) mass is 117 g/mol. The second-order valence-electron chi connectivity index (χ2n) is 1.81. The first-order chi connectivity index (χ1) is 3.81. The minimum absolute atomic E-state index is 0.421. The van der Waals surface area contributed by atoms with Crippen LogP contribution in [-0.4, -0.2) is 19.8 Å². The Balaban J connectivity index is 2.86. The first-order valence-corrected chi connectivity index (χ1v) is 2.96. The smallest absolute Gasteiger partial charge is 0.0949 e. The number of hydrogen-bond donors (Lipinski definition) is 0. The zero-order valence-electron chi connectivity index (χ0n) is 5.52. The van der Waals surface area contributed by atoms with Gasteiger partial charge in [0.2, 0.25) is 0 Å². The molecule has 2 nitrogen and oxygen atoms in total. The van der Waals surface area contributed by atoms with Gasteiger partial charge in [0.1, 0.15) is 0 Å². The quantitative estimate of drug-likeness (QED) is 0.544. The first-order valence-electron chi connectivity index (χ1n) is 2.96. The highest BCUT2D eigenvalue weighted by Gasteiger charge is 1.99. The number of ether oxygens (including phenoxy) is 1. The van der Waals surface area contributed by atoms with Gasteiger partial charge in [0.25, 0.3) is 0 Å². The Labute approximate surface area is 50.5 Å². The summed E-state index contributed by atoms with van der Waals surface area (Å²) in [6.07, 6.45) is 0.936. The van der Waals surface area contributed by atoms with Crippen LogP contribution in [0.4, 0.5) is 0 Å². The van der Waals surface area contributed by atoms with E-state index in [1.807, 2.05) is 6.92 Å². The van der Waals surface area contributed by atoms with Gasteiger partial charge in [-0.25, -0.2) is 5.11 Å². The molecular weight excluding hydrogens is 104 g/mol. The molecule has 0 aromatic rings. The standard InChI is InChI=1S/C6H13O2/c1-3-6(7)4-5-8-2/h6H,3-5H2,1-2H3. The Hall–Kier alpha value is -0.0800. The van der Waals surface area contributed by atoms with Gasteiger partial charge in [0.05, 0.1) is 6.10 Å². The third-order valence-electron chi connectivity index (χ3n) is 1.10. The van der Waals surface area contributed by atoms with E-state index >= 15 is 0 Å². The normalized spacial score (nSPS) is 13.9. The Kier molecular flexibility index (Phi) is 5.01. The number of methoxy groups -OCH3 is 1. The van der Waals surface area contributed by atoms with Gasteiger partial charge in [-0.2, -0.15) is 0 Å². The van der Waals surface area contributed by atoms with Crippen molar-refractivity contribution in [2.75, 3.05) is 13.7 Å². The molecule has 49 valence electrons. The molecule has 0 amide bonds. The summed E-state index contributed by atoms with van der Waals surface area (Å²) < 4.78 is 4.71. The van der Waals surface area contributed by atoms with E-state index in [0.29, 0.717) is 19.4 Å². The van der Waals surface area contributed by atoms with Crippen molar-refractivity contribution < 1.29 is 9.84 Å². The molecule has 2 heteroatoms. The number of hydrogen-bond acceptors (Lipinski definition) is 1. The zero-order chi connectivity index (χ0) is 6.41. The van der Waals surface area contributed by atoms with Crippen molar-refractivity contribution >= 4 is 0 Å². The summed E-state index contributed by atoms with van der Waals surface area (Å²) in [5.74, 6) is 0. The van der Waals surface area contributed by atoms with Gasteiger partial charge >= 0.3 is 0 Å². The highest BCUT2D eigenvalue weighted by Crippen LogP contribution is 1.95. The SMILES string of the molecule is CCC([O])CCOC. The van der Waals surface area contributed by atoms with Crippen LogP contribution in [0.25, 0.3) is 0 Å². The highest BCUT2D eigenvalue weighted by atomic mass is 16.5. The van der Waals surface area contributed by atoms with Crippen molar-refractivity contribution in [2.45, 2.75) is 25.9 Å². The van der Waals surface area contributed by atoms with E-state index < -0.39 is 6.10 Å². The van der Waals surface area contributed by atoms with Crippen LogP contribution in [0.2, 0.25) is 0 Å². The van der Waals surface area contributed by atoms with Crippen LogP contribution in [0.15, 0.2) is 0 Å². The molecule has 0 aliphatic heterocycles. The molecule has 0 aliphatic rings. The Morgan fingerprint density at radius 2 is 2.25 bits per heavy atom. The summed E-state index contributed by atoms with van der Waals surface area (Å²) in [5, 5.41) is 10.6. The van der Waals surface area contributed by atoms with Crippen molar-refractivity contribution in [1.82, 2.24) is 0 Å². The molecule has 0 aliphatic carbocycles.